The quantitative estimate of drug-likeness (QED) is 0.539. The number of nitrogens with zero attached hydrogens (tertiary/aromatic N) is 3. The van der Waals surface area contributed by atoms with Gasteiger partial charge >= 0.3 is 0 Å². The van der Waals surface area contributed by atoms with Gasteiger partial charge in [0.15, 0.2) is 5.65 Å². The summed E-state index contributed by atoms with van der Waals surface area (Å²) < 4.78 is 1.68. The van der Waals surface area contributed by atoms with Gasteiger partial charge in [-0.3, -0.25) is 4.40 Å². The summed E-state index contributed by atoms with van der Waals surface area (Å²) in [6, 6.07) is 16.8. The van der Waals surface area contributed by atoms with Gasteiger partial charge in [-0.25, -0.2) is 9.97 Å². The Morgan fingerprint density at radius 3 is 2.36 bits per heavy atom. The number of hydrogen-bond acceptors (Lipinski definition) is 4. The largest absolute Gasteiger partial charge is 0.508 e. The minimum atomic E-state index is 0.115. The second kappa shape index (κ2) is 7.19. The fourth-order valence-corrected chi connectivity index (χ4v) is 3.15. The number of aromatic nitrogens is 3. The number of allylic oxidation sites excluding steroid dienone is 1. The van der Waals surface area contributed by atoms with Crippen molar-refractivity contribution in [2.75, 3.05) is 0 Å². The number of hydrogen-bond donors (Lipinski definition) is 2. The van der Waals surface area contributed by atoms with Crippen LogP contribution in [0.15, 0.2) is 66.4 Å². The summed E-state index contributed by atoms with van der Waals surface area (Å²) in [5.74, 6) is 0.315. The van der Waals surface area contributed by atoms with Crippen LogP contribution in [-0.2, 0) is 6.42 Å². The third-order valence-corrected chi connectivity index (χ3v) is 4.48. The van der Waals surface area contributed by atoms with Crippen LogP contribution < -0.4 is 0 Å². The first-order valence-corrected chi connectivity index (χ1v) is 9.10. The number of phenols is 1. The van der Waals surface area contributed by atoms with Crippen molar-refractivity contribution in [3.63, 3.8) is 0 Å². The Bertz CT molecular complexity index is 1160. The molecule has 2 aromatic heterocycles. The SMILES string of the molecule is CC(C)=Cc1nc(-c2ccc(O)cc2)cn2c(O)c(Cc3ccccc3)nc12. The van der Waals surface area contributed by atoms with Gasteiger partial charge in [-0.2, -0.15) is 0 Å². The highest BCUT2D eigenvalue weighted by molar-refractivity contribution is 5.70. The number of rotatable bonds is 4. The molecule has 140 valence electrons. The summed E-state index contributed by atoms with van der Waals surface area (Å²) in [4.78, 5) is 9.43. The van der Waals surface area contributed by atoms with Crippen molar-refractivity contribution in [3.05, 3.63) is 83.3 Å². The highest BCUT2D eigenvalue weighted by Gasteiger charge is 2.16. The van der Waals surface area contributed by atoms with Crippen molar-refractivity contribution >= 4 is 11.7 Å². The Balaban J connectivity index is 1.89. The van der Waals surface area contributed by atoms with Crippen molar-refractivity contribution in [2.24, 2.45) is 0 Å². The Kier molecular flexibility index (Phi) is 4.57. The fourth-order valence-electron chi connectivity index (χ4n) is 3.15. The molecule has 0 bridgehead atoms. The van der Waals surface area contributed by atoms with Crippen LogP contribution in [0.1, 0.15) is 30.8 Å². The molecular weight excluding hydrogens is 350 g/mol. The molecule has 5 heteroatoms. The summed E-state index contributed by atoms with van der Waals surface area (Å²) in [7, 11) is 0. The summed E-state index contributed by atoms with van der Waals surface area (Å²) in [5, 5.41) is 20.4. The molecular formula is C23H21N3O2. The van der Waals surface area contributed by atoms with Gasteiger partial charge in [0.1, 0.15) is 17.1 Å². The zero-order valence-electron chi connectivity index (χ0n) is 15.8. The normalized spacial score (nSPS) is 10.9. The first-order valence-electron chi connectivity index (χ1n) is 9.10. The number of benzene rings is 2. The van der Waals surface area contributed by atoms with E-state index >= 15 is 0 Å². The monoisotopic (exact) mass is 371 g/mol. The molecule has 0 radical (unpaired) electrons. The van der Waals surface area contributed by atoms with Crippen LogP contribution in [0.4, 0.5) is 0 Å². The van der Waals surface area contributed by atoms with Gasteiger partial charge in [-0.1, -0.05) is 35.9 Å². The van der Waals surface area contributed by atoms with Crippen molar-refractivity contribution < 1.29 is 10.2 Å². The highest BCUT2D eigenvalue weighted by Crippen LogP contribution is 2.28. The molecule has 4 aromatic rings. The lowest BCUT2D eigenvalue weighted by Crippen LogP contribution is -1.96. The van der Waals surface area contributed by atoms with E-state index in [2.05, 4.69) is 4.98 Å². The lowest BCUT2D eigenvalue weighted by Gasteiger charge is -2.06. The van der Waals surface area contributed by atoms with E-state index in [1.807, 2.05) is 50.3 Å². The average Bonchev–Trinajstić information content (AvgIpc) is 2.99. The topological polar surface area (TPSA) is 70.7 Å². The van der Waals surface area contributed by atoms with Crippen LogP contribution in [0, 0.1) is 0 Å². The Labute approximate surface area is 163 Å². The zero-order valence-corrected chi connectivity index (χ0v) is 15.8. The first-order chi connectivity index (χ1) is 13.5. The second-order valence-electron chi connectivity index (χ2n) is 7.02. The van der Waals surface area contributed by atoms with Gasteiger partial charge in [0.05, 0.1) is 5.69 Å². The number of fused-ring (bicyclic) bond motifs is 1. The van der Waals surface area contributed by atoms with Gasteiger partial charge < -0.3 is 10.2 Å². The van der Waals surface area contributed by atoms with Gasteiger partial charge in [-0.05, 0) is 49.8 Å². The van der Waals surface area contributed by atoms with Gasteiger partial charge in [-0.15, -0.1) is 0 Å². The minimum Gasteiger partial charge on any atom is -0.508 e. The number of imidazole rings is 1. The van der Waals surface area contributed by atoms with E-state index in [0.29, 0.717) is 29.1 Å². The molecule has 0 spiro atoms. The average molecular weight is 371 g/mol. The lowest BCUT2D eigenvalue weighted by atomic mass is 10.1. The molecule has 0 aliphatic carbocycles. The maximum Gasteiger partial charge on any atom is 0.219 e. The van der Waals surface area contributed by atoms with Crippen LogP contribution in [0.2, 0.25) is 0 Å². The van der Waals surface area contributed by atoms with Crippen molar-refractivity contribution in [1.82, 2.24) is 14.4 Å². The molecule has 0 aliphatic rings. The first kappa shape index (κ1) is 17.8. The molecule has 2 heterocycles. The van der Waals surface area contributed by atoms with E-state index in [9.17, 15) is 10.2 Å². The fraction of sp³-hybridized carbons (Fsp3) is 0.130. The highest BCUT2D eigenvalue weighted by atomic mass is 16.3. The predicted molar refractivity (Wildman–Crippen MR) is 110 cm³/mol. The standard InChI is InChI=1S/C23H21N3O2/c1-15(2)12-19-22-25-20(13-16-6-4-3-5-7-16)23(28)26(22)14-21(24-19)17-8-10-18(27)11-9-17/h3-12,14,27-28H,13H2,1-2H3. The van der Waals surface area contributed by atoms with Gasteiger partial charge in [0.2, 0.25) is 5.88 Å². The summed E-state index contributed by atoms with van der Waals surface area (Å²) in [6.45, 7) is 4.00. The van der Waals surface area contributed by atoms with E-state index in [4.69, 9.17) is 4.98 Å². The van der Waals surface area contributed by atoms with Crippen LogP contribution in [0.5, 0.6) is 11.6 Å². The zero-order chi connectivity index (χ0) is 19.7. The predicted octanol–water partition coefficient (Wildman–Crippen LogP) is 4.82. The van der Waals surface area contributed by atoms with Crippen LogP contribution >= 0.6 is 0 Å². The van der Waals surface area contributed by atoms with Crippen LogP contribution in [0.25, 0.3) is 23.0 Å². The molecule has 0 aliphatic heterocycles. The Morgan fingerprint density at radius 1 is 0.964 bits per heavy atom. The van der Waals surface area contributed by atoms with E-state index in [1.54, 1.807) is 34.9 Å². The second-order valence-corrected chi connectivity index (χ2v) is 7.02. The number of aromatic hydroxyl groups is 2. The van der Waals surface area contributed by atoms with E-state index in [-0.39, 0.29) is 11.6 Å². The van der Waals surface area contributed by atoms with Gasteiger partial charge in [0.25, 0.3) is 0 Å². The van der Waals surface area contributed by atoms with Crippen LogP contribution in [0.3, 0.4) is 0 Å². The maximum atomic E-state index is 10.8. The van der Waals surface area contributed by atoms with E-state index < -0.39 is 0 Å². The molecule has 0 amide bonds. The molecule has 4 rings (SSSR count). The molecule has 0 fully saturated rings. The van der Waals surface area contributed by atoms with E-state index in [1.165, 1.54) is 0 Å². The van der Waals surface area contributed by atoms with Crippen molar-refractivity contribution in [1.29, 1.82) is 0 Å². The van der Waals surface area contributed by atoms with E-state index in [0.717, 1.165) is 16.7 Å². The molecule has 2 aromatic carbocycles. The van der Waals surface area contributed by atoms with Gasteiger partial charge in [0, 0.05) is 18.2 Å². The molecule has 0 atom stereocenters. The molecule has 0 unspecified atom stereocenters. The third kappa shape index (κ3) is 3.47. The minimum absolute atomic E-state index is 0.115. The smallest absolute Gasteiger partial charge is 0.219 e. The summed E-state index contributed by atoms with van der Waals surface area (Å²) in [5.41, 5.74) is 5.63. The Morgan fingerprint density at radius 2 is 1.68 bits per heavy atom. The lowest BCUT2D eigenvalue weighted by molar-refractivity contribution is 0.442. The number of phenolic OH excluding ortho intramolecular Hbond substituents is 1. The summed E-state index contributed by atoms with van der Waals surface area (Å²) in [6.07, 6.45) is 4.27. The molecule has 28 heavy (non-hydrogen) atoms. The molecule has 5 nitrogen and oxygen atoms in total. The third-order valence-electron chi connectivity index (χ3n) is 4.48. The molecule has 0 saturated heterocycles. The molecule has 2 N–H and O–H groups in total. The molecule has 0 saturated carbocycles. The Hall–Kier alpha value is -3.60. The maximum absolute atomic E-state index is 10.8. The van der Waals surface area contributed by atoms with Crippen molar-refractivity contribution in [2.45, 2.75) is 20.3 Å². The summed E-state index contributed by atoms with van der Waals surface area (Å²) >= 11 is 0. The van der Waals surface area contributed by atoms with Crippen molar-refractivity contribution in [3.8, 4) is 22.9 Å². The van der Waals surface area contributed by atoms with Crippen LogP contribution in [-0.4, -0.2) is 24.6 Å².